The molecule has 0 N–H and O–H groups in total. The maximum atomic E-state index is 12.2. The summed E-state index contributed by atoms with van der Waals surface area (Å²) in [7, 11) is 0. The van der Waals surface area contributed by atoms with Crippen LogP contribution in [0.25, 0.3) is 11.4 Å². The molecule has 0 aliphatic rings. The number of thioether (sulfide) groups is 1. The number of nitrogens with zero attached hydrogens (tertiary/aromatic N) is 2. The predicted molar refractivity (Wildman–Crippen MR) is 70.5 cm³/mol. The molecule has 0 spiro atoms. The van der Waals surface area contributed by atoms with Crippen molar-refractivity contribution in [1.82, 2.24) is 9.97 Å². The van der Waals surface area contributed by atoms with Gasteiger partial charge in [-0.05, 0) is 43.0 Å². The van der Waals surface area contributed by atoms with Gasteiger partial charge in [-0.2, -0.15) is 13.2 Å². The van der Waals surface area contributed by atoms with Crippen LogP contribution in [0.1, 0.15) is 6.92 Å². The van der Waals surface area contributed by atoms with Crippen LogP contribution in [0.3, 0.4) is 0 Å². The second-order valence-corrected chi connectivity index (χ2v) is 4.85. The van der Waals surface area contributed by atoms with E-state index in [2.05, 4.69) is 9.97 Å². The van der Waals surface area contributed by atoms with E-state index < -0.39 is 5.51 Å². The maximum absolute atomic E-state index is 12.2. The Morgan fingerprint density at radius 3 is 2.60 bits per heavy atom. The quantitative estimate of drug-likeness (QED) is 0.794. The van der Waals surface area contributed by atoms with Crippen molar-refractivity contribution < 1.29 is 17.9 Å². The fourth-order valence-corrected chi connectivity index (χ4v) is 2.08. The molecule has 0 amide bonds. The van der Waals surface area contributed by atoms with Gasteiger partial charge in [0, 0.05) is 17.3 Å². The van der Waals surface area contributed by atoms with Gasteiger partial charge in [-0.1, -0.05) is 0 Å². The van der Waals surface area contributed by atoms with E-state index in [1.165, 1.54) is 18.3 Å². The van der Waals surface area contributed by atoms with Gasteiger partial charge in [0.25, 0.3) is 0 Å². The first-order chi connectivity index (χ1) is 9.49. The van der Waals surface area contributed by atoms with Gasteiger partial charge in [0.1, 0.15) is 11.4 Å². The highest BCUT2D eigenvalue weighted by molar-refractivity contribution is 8.00. The molecule has 3 nitrogen and oxygen atoms in total. The third kappa shape index (κ3) is 3.86. The van der Waals surface area contributed by atoms with Crippen LogP contribution in [0.15, 0.2) is 41.6 Å². The average Bonchev–Trinajstić information content (AvgIpc) is 2.39. The summed E-state index contributed by atoms with van der Waals surface area (Å²) in [4.78, 5) is 8.21. The van der Waals surface area contributed by atoms with Crippen LogP contribution in [0, 0.1) is 0 Å². The van der Waals surface area contributed by atoms with Crippen molar-refractivity contribution in [3.63, 3.8) is 0 Å². The van der Waals surface area contributed by atoms with E-state index in [1.807, 2.05) is 6.92 Å². The molecule has 0 radical (unpaired) electrons. The second kappa shape index (κ2) is 6.13. The van der Waals surface area contributed by atoms with E-state index in [0.29, 0.717) is 23.7 Å². The van der Waals surface area contributed by atoms with Crippen LogP contribution in [0.2, 0.25) is 0 Å². The molecular weight excluding hydrogens is 289 g/mol. The molecule has 2 rings (SSSR count). The smallest absolute Gasteiger partial charge is 0.446 e. The number of halogens is 3. The molecule has 0 bridgehead atoms. The Bertz CT molecular complexity index is 573. The van der Waals surface area contributed by atoms with E-state index in [9.17, 15) is 13.2 Å². The normalized spacial score (nSPS) is 11.4. The lowest BCUT2D eigenvalue weighted by atomic mass is 10.2. The topological polar surface area (TPSA) is 35.0 Å². The molecule has 0 aliphatic heterocycles. The number of rotatable bonds is 4. The zero-order valence-electron chi connectivity index (χ0n) is 10.5. The fraction of sp³-hybridized carbons (Fsp3) is 0.231. The molecular formula is C13H11F3N2OS. The number of hydrogen-bond acceptors (Lipinski definition) is 4. The Balaban J connectivity index is 2.26. The van der Waals surface area contributed by atoms with Crippen molar-refractivity contribution in [1.29, 1.82) is 0 Å². The molecule has 0 aliphatic carbocycles. The van der Waals surface area contributed by atoms with Crippen molar-refractivity contribution >= 4 is 11.8 Å². The van der Waals surface area contributed by atoms with Crippen LogP contribution < -0.4 is 4.74 Å². The molecule has 0 aromatic carbocycles. The van der Waals surface area contributed by atoms with Crippen molar-refractivity contribution in [3.8, 4) is 17.1 Å². The molecule has 0 unspecified atom stereocenters. The molecule has 0 fully saturated rings. The van der Waals surface area contributed by atoms with Crippen molar-refractivity contribution in [3.05, 3.63) is 36.7 Å². The minimum atomic E-state index is -4.31. The minimum Gasteiger partial charge on any atom is -0.492 e. The Kier molecular flexibility index (Phi) is 4.49. The summed E-state index contributed by atoms with van der Waals surface area (Å²) in [6.07, 6.45) is 2.76. The first kappa shape index (κ1) is 14.6. The van der Waals surface area contributed by atoms with Gasteiger partial charge in [0.2, 0.25) is 0 Å². The monoisotopic (exact) mass is 300 g/mol. The molecule has 0 saturated heterocycles. The SMILES string of the molecule is CCOc1cccnc1-c1ccc(SC(F)(F)F)cn1. The van der Waals surface area contributed by atoms with Crippen molar-refractivity contribution in [2.75, 3.05) is 6.61 Å². The summed E-state index contributed by atoms with van der Waals surface area (Å²) in [5, 5.41) is 0. The average molecular weight is 300 g/mol. The van der Waals surface area contributed by atoms with E-state index in [1.54, 1.807) is 18.3 Å². The van der Waals surface area contributed by atoms with E-state index in [4.69, 9.17) is 4.74 Å². The third-order valence-electron chi connectivity index (χ3n) is 2.28. The Morgan fingerprint density at radius 1 is 1.20 bits per heavy atom. The molecule has 0 saturated carbocycles. The van der Waals surface area contributed by atoms with Gasteiger partial charge in [-0.15, -0.1) is 0 Å². The zero-order chi connectivity index (χ0) is 14.6. The van der Waals surface area contributed by atoms with Gasteiger partial charge in [0.05, 0.1) is 12.3 Å². The summed E-state index contributed by atoms with van der Waals surface area (Å²) in [6, 6.07) is 6.33. The molecule has 2 heterocycles. The highest BCUT2D eigenvalue weighted by Crippen LogP contribution is 2.37. The van der Waals surface area contributed by atoms with Crippen LogP contribution in [-0.2, 0) is 0 Å². The Morgan fingerprint density at radius 2 is 2.00 bits per heavy atom. The highest BCUT2D eigenvalue weighted by Gasteiger charge is 2.29. The van der Waals surface area contributed by atoms with Crippen LogP contribution in [0.4, 0.5) is 13.2 Å². The van der Waals surface area contributed by atoms with Crippen molar-refractivity contribution in [2.24, 2.45) is 0 Å². The predicted octanol–water partition coefficient (Wildman–Crippen LogP) is 4.15. The van der Waals surface area contributed by atoms with Crippen LogP contribution in [0.5, 0.6) is 5.75 Å². The fourth-order valence-electron chi connectivity index (χ4n) is 1.57. The molecule has 2 aromatic rings. The summed E-state index contributed by atoms with van der Waals surface area (Å²) < 4.78 is 42.1. The molecule has 7 heteroatoms. The van der Waals surface area contributed by atoms with Gasteiger partial charge in [-0.25, -0.2) is 0 Å². The van der Waals surface area contributed by atoms with E-state index >= 15 is 0 Å². The summed E-state index contributed by atoms with van der Waals surface area (Å²) in [5.41, 5.74) is -3.33. The first-order valence-corrected chi connectivity index (χ1v) is 6.61. The zero-order valence-corrected chi connectivity index (χ0v) is 11.3. The maximum Gasteiger partial charge on any atom is 0.446 e. The lowest BCUT2D eigenvalue weighted by molar-refractivity contribution is -0.0328. The van der Waals surface area contributed by atoms with Gasteiger partial charge in [-0.3, -0.25) is 9.97 Å². The van der Waals surface area contributed by atoms with Crippen molar-refractivity contribution in [2.45, 2.75) is 17.3 Å². The number of pyridine rings is 2. The number of aromatic nitrogens is 2. The lowest BCUT2D eigenvalue weighted by Gasteiger charge is -2.09. The third-order valence-corrected chi connectivity index (χ3v) is 2.99. The van der Waals surface area contributed by atoms with Gasteiger partial charge in [0.15, 0.2) is 0 Å². The lowest BCUT2D eigenvalue weighted by Crippen LogP contribution is -2.00. The molecule has 0 atom stereocenters. The summed E-state index contributed by atoms with van der Waals surface area (Å²) in [5.74, 6) is 0.554. The second-order valence-electron chi connectivity index (χ2n) is 3.71. The number of ether oxygens (including phenoxy) is 1. The molecule has 20 heavy (non-hydrogen) atoms. The number of alkyl halides is 3. The molecule has 106 valence electrons. The van der Waals surface area contributed by atoms with Gasteiger partial charge < -0.3 is 4.74 Å². The highest BCUT2D eigenvalue weighted by atomic mass is 32.2. The standard InChI is InChI=1S/C13H11F3N2OS/c1-2-19-11-4-3-7-17-12(11)10-6-5-9(8-18-10)20-13(14,15)16/h3-8H,2H2,1H3. The Hall–Kier alpha value is -1.76. The van der Waals surface area contributed by atoms with E-state index in [-0.39, 0.29) is 16.7 Å². The summed E-state index contributed by atoms with van der Waals surface area (Å²) >= 11 is -0.195. The first-order valence-electron chi connectivity index (χ1n) is 5.79. The van der Waals surface area contributed by atoms with Crippen LogP contribution >= 0.6 is 11.8 Å². The van der Waals surface area contributed by atoms with E-state index in [0.717, 1.165) is 0 Å². The van der Waals surface area contributed by atoms with Gasteiger partial charge >= 0.3 is 5.51 Å². The minimum absolute atomic E-state index is 0.0372. The molecule has 2 aromatic heterocycles. The number of hydrogen-bond donors (Lipinski definition) is 0. The Labute approximate surface area is 118 Å². The van der Waals surface area contributed by atoms with Crippen LogP contribution in [-0.4, -0.2) is 22.1 Å². The largest absolute Gasteiger partial charge is 0.492 e. The summed E-state index contributed by atoms with van der Waals surface area (Å²) in [6.45, 7) is 2.31.